The molecule has 1 aliphatic rings. The summed E-state index contributed by atoms with van der Waals surface area (Å²) in [6, 6.07) is 6.46. The lowest BCUT2D eigenvalue weighted by molar-refractivity contribution is -0.141. The highest BCUT2D eigenvalue weighted by atomic mass is 35.5. The van der Waals surface area contributed by atoms with E-state index in [-0.39, 0.29) is 11.5 Å². The Balaban J connectivity index is 2.17. The number of hydrogen-bond donors (Lipinski definition) is 1. The van der Waals surface area contributed by atoms with E-state index >= 15 is 0 Å². The molecule has 1 aromatic carbocycles. The van der Waals surface area contributed by atoms with E-state index in [0.717, 1.165) is 0 Å². The highest BCUT2D eigenvalue weighted by Crippen LogP contribution is 2.11. The van der Waals surface area contributed by atoms with Crippen LogP contribution < -0.4 is 5.32 Å². The fraction of sp³-hybridized carbons (Fsp3) is 0.167. The number of carbonyl (C=O) groups excluding carboxylic acids is 2. The minimum atomic E-state index is -0.501. The molecule has 0 aliphatic carbocycles. The Hall–Kier alpha value is -1.81. The number of rotatable bonds is 2. The highest BCUT2D eigenvalue weighted by molar-refractivity contribution is 6.30. The van der Waals surface area contributed by atoms with Crippen molar-refractivity contribution in [3.63, 3.8) is 0 Å². The largest absolute Gasteiger partial charge is 0.459 e. The molecule has 1 aliphatic heterocycles. The van der Waals surface area contributed by atoms with Crippen LogP contribution in [-0.4, -0.2) is 24.9 Å². The molecule has 0 amide bonds. The van der Waals surface area contributed by atoms with Crippen molar-refractivity contribution >= 4 is 23.4 Å². The van der Waals surface area contributed by atoms with Crippen LogP contribution in [-0.2, 0) is 9.53 Å². The first kappa shape index (κ1) is 11.7. The fourth-order valence-corrected chi connectivity index (χ4v) is 1.54. The predicted octanol–water partition coefficient (Wildman–Crippen LogP) is 1.55. The lowest BCUT2D eigenvalue weighted by Gasteiger charge is -2.15. The van der Waals surface area contributed by atoms with Crippen molar-refractivity contribution in [3.05, 3.63) is 46.6 Å². The van der Waals surface area contributed by atoms with Crippen LogP contribution in [0.2, 0.25) is 5.02 Å². The summed E-state index contributed by atoms with van der Waals surface area (Å²) in [7, 11) is 0. The topological polar surface area (TPSA) is 55.4 Å². The smallest absolute Gasteiger partial charge is 0.354 e. The summed E-state index contributed by atoms with van der Waals surface area (Å²) < 4.78 is 4.80. The van der Waals surface area contributed by atoms with Gasteiger partial charge in [-0.05, 0) is 24.3 Å². The van der Waals surface area contributed by atoms with Gasteiger partial charge in [0.15, 0.2) is 5.78 Å². The highest BCUT2D eigenvalue weighted by Gasteiger charge is 2.17. The van der Waals surface area contributed by atoms with E-state index < -0.39 is 5.97 Å². The molecule has 0 saturated carbocycles. The van der Waals surface area contributed by atoms with Crippen molar-refractivity contribution in [2.75, 3.05) is 13.2 Å². The number of carbonyl (C=O) groups is 2. The van der Waals surface area contributed by atoms with Crippen LogP contribution in [0.3, 0.4) is 0 Å². The fourth-order valence-electron chi connectivity index (χ4n) is 1.42. The molecule has 4 nitrogen and oxygen atoms in total. The number of halogens is 1. The third-order valence-corrected chi connectivity index (χ3v) is 2.53. The van der Waals surface area contributed by atoms with Gasteiger partial charge < -0.3 is 10.1 Å². The van der Waals surface area contributed by atoms with Crippen LogP contribution in [0.25, 0.3) is 0 Å². The molecule has 2 rings (SSSR count). The predicted molar refractivity (Wildman–Crippen MR) is 62.8 cm³/mol. The lowest BCUT2D eigenvalue weighted by Crippen LogP contribution is -2.33. The Kier molecular flexibility index (Phi) is 3.44. The van der Waals surface area contributed by atoms with E-state index in [9.17, 15) is 9.59 Å². The van der Waals surface area contributed by atoms with Gasteiger partial charge in [0.25, 0.3) is 0 Å². The quantitative estimate of drug-likeness (QED) is 0.492. The molecule has 0 radical (unpaired) electrons. The standard InChI is InChI=1S/C12H10ClNO3/c13-9-3-1-8(2-4-9)11(15)7-10-12(16)17-6-5-14-10/h1-4,7,14H,5-6H2. The zero-order valence-corrected chi connectivity index (χ0v) is 9.66. The Morgan fingerprint density at radius 2 is 2.06 bits per heavy atom. The van der Waals surface area contributed by atoms with Gasteiger partial charge in [0.05, 0.1) is 0 Å². The Bertz CT molecular complexity index is 479. The maximum absolute atomic E-state index is 11.8. The molecule has 17 heavy (non-hydrogen) atoms. The van der Waals surface area contributed by atoms with E-state index in [4.69, 9.17) is 16.3 Å². The van der Waals surface area contributed by atoms with Crippen LogP contribution >= 0.6 is 11.6 Å². The van der Waals surface area contributed by atoms with E-state index in [0.29, 0.717) is 23.7 Å². The monoisotopic (exact) mass is 251 g/mol. The van der Waals surface area contributed by atoms with Gasteiger partial charge in [-0.3, -0.25) is 4.79 Å². The summed E-state index contributed by atoms with van der Waals surface area (Å²) in [4.78, 5) is 23.1. The molecule has 1 fully saturated rings. The molecule has 1 heterocycles. The molecule has 0 bridgehead atoms. The molecule has 0 aromatic heterocycles. The molecule has 1 aromatic rings. The normalized spacial score (nSPS) is 17.5. The molecule has 0 unspecified atom stereocenters. The maximum atomic E-state index is 11.8. The second-order valence-corrected chi connectivity index (χ2v) is 3.93. The number of ether oxygens (including phenoxy) is 1. The average molecular weight is 252 g/mol. The minimum Gasteiger partial charge on any atom is -0.459 e. The van der Waals surface area contributed by atoms with Crippen LogP contribution in [0.5, 0.6) is 0 Å². The number of cyclic esters (lactones) is 1. The first-order valence-corrected chi connectivity index (χ1v) is 5.47. The first-order chi connectivity index (χ1) is 8.16. The number of hydrogen-bond acceptors (Lipinski definition) is 4. The molecule has 5 heteroatoms. The van der Waals surface area contributed by atoms with Crippen molar-refractivity contribution in [2.24, 2.45) is 0 Å². The second-order valence-electron chi connectivity index (χ2n) is 3.49. The van der Waals surface area contributed by atoms with Gasteiger partial charge in [-0.2, -0.15) is 0 Å². The summed E-state index contributed by atoms with van der Waals surface area (Å²) in [5.41, 5.74) is 0.665. The van der Waals surface area contributed by atoms with Crippen molar-refractivity contribution in [1.82, 2.24) is 5.32 Å². The summed E-state index contributed by atoms with van der Waals surface area (Å²) in [6.07, 6.45) is 1.24. The molecule has 1 saturated heterocycles. The van der Waals surface area contributed by atoms with E-state index in [1.807, 2.05) is 0 Å². The molecule has 0 atom stereocenters. The van der Waals surface area contributed by atoms with Gasteiger partial charge in [0, 0.05) is 23.2 Å². The maximum Gasteiger partial charge on any atom is 0.354 e. The molecular formula is C12H10ClNO3. The van der Waals surface area contributed by atoms with Gasteiger partial charge >= 0.3 is 5.97 Å². The zero-order valence-electron chi connectivity index (χ0n) is 8.90. The van der Waals surface area contributed by atoms with Crippen LogP contribution in [0, 0.1) is 0 Å². The SMILES string of the molecule is O=C1OCCNC1=CC(=O)c1ccc(Cl)cc1. The summed E-state index contributed by atoms with van der Waals surface area (Å²) in [5.74, 6) is -0.762. The lowest BCUT2D eigenvalue weighted by atomic mass is 10.1. The number of ketones is 1. The van der Waals surface area contributed by atoms with E-state index in [2.05, 4.69) is 5.32 Å². The molecule has 1 N–H and O–H groups in total. The Morgan fingerprint density at radius 1 is 1.35 bits per heavy atom. The van der Waals surface area contributed by atoms with Crippen LogP contribution in [0.15, 0.2) is 36.0 Å². The van der Waals surface area contributed by atoms with Crippen molar-refractivity contribution in [2.45, 2.75) is 0 Å². The van der Waals surface area contributed by atoms with Crippen molar-refractivity contribution in [1.29, 1.82) is 0 Å². The molecular weight excluding hydrogens is 242 g/mol. The number of morpholine rings is 1. The van der Waals surface area contributed by atoms with Crippen LogP contribution in [0.4, 0.5) is 0 Å². The van der Waals surface area contributed by atoms with Gasteiger partial charge in [0.1, 0.15) is 12.3 Å². The van der Waals surface area contributed by atoms with Gasteiger partial charge in [0.2, 0.25) is 0 Å². The number of esters is 1. The minimum absolute atomic E-state index is 0.191. The van der Waals surface area contributed by atoms with Gasteiger partial charge in [-0.1, -0.05) is 11.6 Å². The first-order valence-electron chi connectivity index (χ1n) is 5.09. The van der Waals surface area contributed by atoms with Crippen LogP contribution in [0.1, 0.15) is 10.4 Å². The van der Waals surface area contributed by atoms with Crippen molar-refractivity contribution < 1.29 is 14.3 Å². The summed E-state index contributed by atoms with van der Waals surface area (Å²) >= 11 is 5.72. The third-order valence-electron chi connectivity index (χ3n) is 2.27. The van der Waals surface area contributed by atoms with E-state index in [1.54, 1.807) is 24.3 Å². The number of benzene rings is 1. The van der Waals surface area contributed by atoms with Gasteiger partial charge in [-0.25, -0.2) is 4.79 Å². The zero-order chi connectivity index (χ0) is 12.3. The van der Waals surface area contributed by atoms with Crippen molar-refractivity contribution in [3.8, 4) is 0 Å². The number of nitrogens with one attached hydrogen (secondary N) is 1. The summed E-state index contributed by atoms with van der Waals surface area (Å²) in [5, 5.41) is 3.38. The molecule has 88 valence electrons. The van der Waals surface area contributed by atoms with Gasteiger partial charge in [-0.15, -0.1) is 0 Å². The average Bonchev–Trinajstić information content (AvgIpc) is 2.33. The molecule has 0 spiro atoms. The van der Waals surface area contributed by atoms with E-state index in [1.165, 1.54) is 6.08 Å². The Labute approximate surface area is 103 Å². The number of allylic oxidation sites excluding steroid dienone is 1. The Morgan fingerprint density at radius 3 is 2.71 bits per heavy atom. The summed E-state index contributed by atoms with van der Waals surface area (Å²) in [6.45, 7) is 0.844. The third kappa shape index (κ3) is 2.85. The second kappa shape index (κ2) is 5.01.